The third-order valence-corrected chi connectivity index (χ3v) is 3.80. The van der Waals surface area contributed by atoms with E-state index in [1.54, 1.807) is 12.1 Å². The Balaban J connectivity index is 2.24. The van der Waals surface area contributed by atoms with Crippen molar-refractivity contribution < 1.29 is 4.39 Å². The van der Waals surface area contributed by atoms with Crippen molar-refractivity contribution in [2.24, 2.45) is 0 Å². The van der Waals surface area contributed by atoms with Crippen LogP contribution >= 0.6 is 11.8 Å². The van der Waals surface area contributed by atoms with Crippen LogP contribution in [-0.2, 0) is 6.42 Å². The van der Waals surface area contributed by atoms with Gasteiger partial charge in [0.15, 0.2) is 0 Å². The summed E-state index contributed by atoms with van der Waals surface area (Å²) in [5.41, 5.74) is 0. The molecule has 0 spiro atoms. The molecule has 2 rings (SSSR count). The summed E-state index contributed by atoms with van der Waals surface area (Å²) in [6.45, 7) is 5.07. The monoisotopic (exact) mass is 305 g/mol. The number of aryl methyl sites for hydroxylation is 1. The van der Waals surface area contributed by atoms with Gasteiger partial charge in [0.25, 0.3) is 0 Å². The van der Waals surface area contributed by atoms with Crippen LogP contribution in [0.1, 0.15) is 32.5 Å². The maximum Gasteiger partial charge on any atom is 0.137 e. The summed E-state index contributed by atoms with van der Waals surface area (Å²) in [5.74, 6) is 1.40. The number of nitrogens with one attached hydrogen (secondary N) is 1. The van der Waals surface area contributed by atoms with Gasteiger partial charge in [-0.3, -0.25) is 0 Å². The summed E-state index contributed by atoms with van der Waals surface area (Å²) in [5, 5.41) is 4.05. The molecule has 1 aromatic heterocycles. The molecule has 0 bridgehead atoms. The van der Waals surface area contributed by atoms with Gasteiger partial charge in [-0.2, -0.15) is 0 Å². The van der Waals surface area contributed by atoms with Crippen molar-refractivity contribution in [3.63, 3.8) is 0 Å². The predicted octanol–water partition coefficient (Wildman–Crippen LogP) is 4.54. The highest BCUT2D eigenvalue weighted by molar-refractivity contribution is 7.99. The van der Waals surface area contributed by atoms with Gasteiger partial charge in [0, 0.05) is 23.9 Å². The summed E-state index contributed by atoms with van der Waals surface area (Å²) in [7, 11) is 0. The van der Waals surface area contributed by atoms with Crippen LogP contribution in [0.2, 0.25) is 0 Å². The van der Waals surface area contributed by atoms with Crippen LogP contribution in [-0.4, -0.2) is 16.5 Å². The Hall–Kier alpha value is -1.62. The predicted molar refractivity (Wildman–Crippen MR) is 85.3 cm³/mol. The van der Waals surface area contributed by atoms with E-state index in [4.69, 9.17) is 0 Å². The summed E-state index contributed by atoms with van der Waals surface area (Å²) < 4.78 is 13.7. The summed E-state index contributed by atoms with van der Waals surface area (Å²) in [6.07, 6.45) is 2.84. The van der Waals surface area contributed by atoms with Gasteiger partial charge in [-0.1, -0.05) is 37.7 Å². The van der Waals surface area contributed by atoms with E-state index >= 15 is 0 Å². The van der Waals surface area contributed by atoms with E-state index in [-0.39, 0.29) is 5.82 Å². The molecule has 0 aliphatic rings. The lowest BCUT2D eigenvalue weighted by Gasteiger charge is -2.09. The summed E-state index contributed by atoms with van der Waals surface area (Å²) >= 11 is 1.34. The molecule has 112 valence electrons. The molecule has 5 heteroatoms. The van der Waals surface area contributed by atoms with Crippen LogP contribution in [0.15, 0.2) is 40.3 Å². The molecule has 0 fully saturated rings. The highest BCUT2D eigenvalue weighted by Gasteiger charge is 2.08. The molecule has 0 amide bonds. The standard InChI is InChI=1S/C16H20FN3S/c1-3-7-14-19-15(18-10-4-2)11-16(20-14)21-13-9-6-5-8-12(13)17/h5-6,8-9,11H,3-4,7,10H2,1-2H3,(H,18,19,20). The number of halogens is 1. The zero-order chi connectivity index (χ0) is 15.1. The molecule has 0 saturated carbocycles. The summed E-state index contributed by atoms with van der Waals surface area (Å²) in [4.78, 5) is 9.59. The molecule has 0 saturated heterocycles. The van der Waals surface area contributed by atoms with Crippen molar-refractivity contribution in [2.75, 3.05) is 11.9 Å². The molecule has 0 aliphatic carbocycles. The molecule has 1 N–H and O–H groups in total. The van der Waals surface area contributed by atoms with Gasteiger partial charge in [-0.15, -0.1) is 0 Å². The largest absolute Gasteiger partial charge is 0.370 e. The van der Waals surface area contributed by atoms with Crippen LogP contribution < -0.4 is 5.32 Å². The molecular formula is C16H20FN3S. The Morgan fingerprint density at radius 2 is 1.95 bits per heavy atom. The molecule has 0 radical (unpaired) electrons. The Bertz CT molecular complexity index is 589. The van der Waals surface area contributed by atoms with E-state index in [9.17, 15) is 4.39 Å². The van der Waals surface area contributed by atoms with Crippen molar-refractivity contribution in [1.29, 1.82) is 0 Å². The highest BCUT2D eigenvalue weighted by atomic mass is 32.2. The van der Waals surface area contributed by atoms with Gasteiger partial charge < -0.3 is 5.32 Å². The minimum Gasteiger partial charge on any atom is -0.370 e. The van der Waals surface area contributed by atoms with Crippen molar-refractivity contribution in [3.05, 3.63) is 42.0 Å². The zero-order valence-corrected chi connectivity index (χ0v) is 13.2. The van der Waals surface area contributed by atoms with Gasteiger partial charge in [0.2, 0.25) is 0 Å². The normalized spacial score (nSPS) is 10.6. The lowest BCUT2D eigenvalue weighted by Crippen LogP contribution is -2.05. The van der Waals surface area contributed by atoms with E-state index in [1.807, 2.05) is 12.1 Å². The maximum absolute atomic E-state index is 13.7. The first-order valence-electron chi connectivity index (χ1n) is 7.27. The Morgan fingerprint density at radius 1 is 1.14 bits per heavy atom. The third-order valence-electron chi connectivity index (χ3n) is 2.83. The van der Waals surface area contributed by atoms with Crippen LogP contribution in [0.3, 0.4) is 0 Å². The SMILES string of the molecule is CCCNc1cc(Sc2ccccc2F)nc(CCC)n1. The number of hydrogen-bond donors (Lipinski definition) is 1. The molecule has 1 heterocycles. The van der Waals surface area contributed by atoms with Gasteiger partial charge in [0.1, 0.15) is 22.5 Å². The number of rotatable bonds is 7. The Labute approximate surface area is 129 Å². The number of aromatic nitrogens is 2. The Morgan fingerprint density at radius 3 is 2.67 bits per heavy atom. The third kappa shape index (κ3) is 4.70. The van der Waals surface area contributed by atoms with E-state index in [1.165, 1.54) is 17.8 Å². The van der Waals surface area contributed by atoms with E-state index in [2.05, 4.69) is 29.1 Å². The number of benzene rings is 1. The maximum atomic E-state index is 13.7. The van der Waals surface area contributed by atoms with Crippen molar-refractivity contribution in [2.45, 2.75) is 43.0 Å². The van der Waals surface area contributed by atoms with Crippen LogP contribution in [0, 0.1) is 5.82 Å². The van der Waals surface area contributed by atoms with Crippen LogP contribution in [0.4, 0.5) is 10.2 Å². The van der Waals surface area contributed by atoms with Gasteiger partial charge >= 0.3 is 0 Å². The first-order chi connectivity index (χ1) is 10.2. The second-order valence-electron chi connectivity index (χ2n) is 4.72. The first-order valence-corrected chi connectivity index (χ1v) is 8.08. The van der Waals surface area contributed by atoms with Gasteiger partial charge in [-0.05, 0) is 25.0 Å². The summed E-state index contributed by atoms with van der Waals surface area (Å²) in [6, 6.07) is 8.63. The smallest absolute Gasteiger partial charge is 0.137 e. The van der Waals surface area contributed by atoms with Gasteiger partial charge in [0.05, 0.1) is 0 Å². The Kier molecular flexibility index (Phi) is 5.99. The number of anilines is 1. The molecule has 1 aromatic carbocycles. The molecule has 0 atom stereocenters. The fourth-order valence-electron chi connectivity index (χ4n) is 1.84. The lowest BCUT2D eigenvalue weighted by molar-refractivity contribution is 0.602. The highest BCUT2D eigenvalue weighted by Crippen LogP contribution is 2.29. The second-order valence-corrected chi connectivity index (χ2v) is 5.78. The average molecular weight is 305 g/mol. The van der Waals surface area contributed by atoms with Gasteiger partial charge in [-0.25, -0.2) is 14.4 Å². The molecule has 3 nitrogen and oxygen atoms in total. The fourth-order valence-corrected chi connectivity index (χ4v) is 2.70. The minimum absolute atomic E-state index is 0.221. The van der Waals surface area contributed by atoms with Crippen molar-refractivity contribution in [3.8, 4) is 0 Å². The van der Waals surface area contributed by atoms with Crippen molar-refractivity contribution in [1.82, 2.24) is 9.97 Å². The molecular weight excluding hydrogens is 285 g/mol. The van der Waals surface area contributed by atoms with Crippen LogP contribution in [0.25, 0.3) is 0 Å². The quantitative estimate of drug-likeness (QED) is 0.762. The number of nitrogens with zero attached hydrogens (tertiary/aromatic N) is 2. The van der Waals surface area contributed by atoms with Crippen molar-refractivity contribution >= 4 is 17.6 Å². The van der Waals surface area contributed by atoms with E-state index in [0.717, 1.165) is 42.5 Å². The zero-order valence-electron chi connectivity index (χ0n) is 12.4. The van der Waals surface area contributed by atoms with E-state index in [0.29, 0.717) is 4.90 Å². The molecule has 21 heavy (non-hydrogen) atoms. The van der Waals surface area contributed by atoms with Crippen LogP contribution in [0.5, 0.6) is 0 Å². The minimum atomic E-state index is -0.221. The average Bonchev–Trinajstić information content (AvgIpc) is 2.48. The molecule has 2 aromatic rings. The van der Waals surface area contributed by atoms with E-state index < -0.39 is 0 Å². The topological polar surface area (TPSA) is 37.8 Å². The second kappa shape index (κ2) is 7.98. The number of hydrogen-bond acceptors (Lipinski definition) is 4. The molecule has 0 unspecified atom stereocenters. The lowest BCUT2D eigenvalue weighted by atomic mass is 10.3. The first kappa shape index (κ1) is 15.8. The fraction of sp³-hybridized carbons (Fsp3) is 0.375. The molecule has 0 aliphatic heterocycles.